The van der Waals surface area contributed by atoms with E-state index in [1.165, 1.54) is 25.7 Å². The first kappa shape index (κ1) is 13.4. The highest BCUT2D eigenvalue weighted by Crippen LogP contribution is 2.22. The normalized spacial score (nSPS) is 9.69. The Hall–Kier alpha value is -0.640. The van der Waals surface area contributed by atoms with Crippen LogP contribution in [0.5, 0.6) is 0 Å². The SMILES string of the molecule is CCCCCCC#Cc1ccc(Cl)c(Cl)c1. The van der Waals surface area contributed by atoms with Crippen molar-refractivity contribution in [1.29, 1.82) is 0 Å². The van der Waals surface area contributed by atoms with Gasteiger partial charge in [-0.1, -0.05) is 61.2 Å². The molecule has 0 aliphatic rings. The van der Waals surface area contributed by atoms with Crippen molar-refractivity contribution >= 4 is 23.2 Å². The lowest BCUT2D eigenvalue weighted by molar-refractivity contribution is 0.679. The van der Waals surface area contributed by atoms with E-state index in [1.54, 1.807) is 6.07 Å². The molecule has 0 spiro atoms. The molecule has 0 N–H and O–H groups in total. The molecule has 0 unspecified atom stereocenters. The van der Waals surface area contributed by atoms with Crippen LogP contribution in [0.3, 0.4) is 0 Å². The molecule has 0 amide bonds. The monoisotopic (exact) mass is 254 g/mol. The highest BCUT2D eigenvalue weighted by molar-refractivity contribution is 6.42. The van der Waals surface area contributed by atoms with Crippen LogP contribution in [0.15, 0.2) is 18.2 Å². The Bertz CT molecular complexity index is 385. The molecule has 0 radical (unpaired) electrons. The Kier molecular flexibility index (Phi) is 6.38. The van der Waals surface area contributed by atoms with Gasteiger partial charge in [-0.15, -0.1) is 0 Å². The maximum Gasteiger partial charge on any atom is 0.0604 e. The second kappa shape index (κ2) is 7.60. The van der Waals surface area contributed by atoms with E-state index in [9.17, 15) is 0 Å². The Morgan fingerprint density at radius 2 is 1.88 bits per heavy atom. The summed E-state index contributed by atoms with van der Waals surface area (Å²) in [4.78, 5) is 0. The molecule has 1 aromatic carbocycles. The lowest BCUT2D eigenvalue weighted by Gasteiger charge is -1.95. The van der Waals surface area contributed by atoms with E-state index in [1.807, 2.05) is 12.1 Å². The predicted octanol–water partition coefficient (Wildman–Crippen LogP) is 5.32. The van der Waals surface area contributed by atoms with Crippen LogP contribution in [0.1, 0.15) is 44.6 Å². The van der Waals surface area contributed by atoms with Gasteiger partial charge in [-0.25, -0.2) is 0 Å². The standard InChI is InChI=1S/C14H16Cl2/c1-2-3-4-5-6-7-8-12-9-10-13(15)14(16)11-12/h9-11H,2-6H2,1H3. The maximum atomic E-state index is 5.90. The second-order valence-electron chi connectivity index (χ2n) is 3.74. The van der Waals surface area contributed by atoms with Gasteiger partial charge in [0.15, 0.2) is 0 Å². The molecular weight excluding hydrogens is 239 g/mol. The molecule has 0 bridgehead atoms. The zero-order valence-corrected chi connectivity index (χ0v) is 11.0. The Balaban J connectivity index is 2.41. The van der Waals surface area contributed by atoms with Crippen LogP contribution < -0.4 is 0 Å². The van der Waals surface area contributed by atoms with Crippen LogP contribution >= 0.6 is 23.2 Å². The third-order valence-corrected chi connectivity index (χ3v) is 3.05. The molecule has 0 fully saturated rings. The molecule has 0 aliphatic carbocycles. The molecule has 2 heteroatoms. The number of halogens is 2. The first-order valence-electron chi connectivity index (χ1n) is 5.68. The summed E-state index contributed by atoms with van der Waals surface area (Å²) in [6.45, 7) is 2.21. The summed E-state index contributed by atoms with van der Waals surface area (Å²) in [5, 5.41) is 1.15. The first-order valence-corrected chi connectivity index (χ1v) is 6.43. The first-order chi connectivity index (χ1) is 7.74. The summed E-state index contributed by atoms with van der Waals surface area (Å²) < 4.78 is 0. The molecule has 0 saturated carbocycles. The summed E-state index contributed by atoms with van der Waals surface area (Å²) in [6.07, 6.45) is 5.98. The fourth-order valence-corrected chi connectivity index (χ4v) is 1.68. The third kappa shape index (κ3) is 4.92. The zero-order chi connectivity index (χ0) is 11.8. The van der Waals surface area contributed by atoms with Crippen molar-refractivity contribution in [3.05, 3.63) is 33.8 Å². The zero-order valence-electron chi connectivity index (χ0n) is 9.52. The minimum atomic E-state index is 0.569. The quantitative estimate of drug-likeness (QED) is 0.504. The lowest BCUT2D eigenvalue weighted by Crippen LogP contribution is -1.77. The molecule has 0 aliphatic heterocycles. The van der Waals surface area contributed by atoms with Gasteiger partial charge in [-0.05, 0) is 24.6 Å². The van der Waals surface area contributed by atoms with Crippen LogP contribution in [0, 0.1) is 11.8 Å². The van der Waals surface area contributed by atoms with E-state index in [4.69, 9.17) is 23.2 Å². The van der Waals surface area contributed by atoms with E-state index >= 15 is 0 Å². The van der Waals surface area contributed by atoms with Crippen molar-refractivity contribution < 1.29 is 0 Å². The van der Waals surface area contributed by atoms with Gasteiger partial charge < -0.3 is 0 Å². The van der Waals surface area contributed by atoms with E-state index in [2.05, 4.69) is 18.8 Å². The van der Waals surface area contributed by atoms with Crippen molar-refractivity contribution in [2.75, 3.05) is 0 Å². The fraction of sp³-hybridized carbons (Fsp3) is 0.429. The van der Waals surface area contributed by atoms with Crippen molar-refractivity contribution in [1.82, 2.24) is 0 Å². The van der Waals surface area contributed by atoms with E-state index in [0.717, 1.165) is 12.0 Å². The number of hydrogen-bond donors (Lipinski definition) is 0. The summed E-state index contributed by atoms with van der Waals surface area (Å²) in [6, 6.07) is 5.49. The maximum absolute atomic E-state index is 5.90. The van der Waals surface area contributed by atoms with Crippen LogP contribution in [0.2, 0.25) is 10.0 Å². The third-order valence-electron chi connectivity index (χ3n) is 2.31. The molecule has 1 rings (SSSR count). The molecule has 0 saturated heterocycles. The summed E-state index contributed by atoms with van der Waals surface area (Å²) >= 11 is 11.7. The van der Waals surface area contributed by atoms with E-state index in [0.29, 0.717) is 10.0 Å². The minimum Gasteiger partial charge on any atom is -0.0979 e. The van der Waals surface area contributed by atoms with Crippen LogP contribution in [-0.4, -0.2) is 0 Å². The Morgan fingerprint density at radius 1 is 1.06 bits per heavy atom. The summed E-state index contributed by atoms with van der Waals surface area (Å²) in [7, 11) is 0. The van der Waals surface area contributed by atoms with Crippen molar-refractivity contribution in [3.63, 3.8) is 0 Å². The highest BCUT2D eigenvalue weighted by atomic mass is 35.5. The second-order valence-corrected chi connectivity index (χ2v) is 4.56. The number of hydrogen-bond acceptors (Lipinski definition) is 0. The summed E-state index contributed by atoms with van der Waals surface area (Å²) in [5.74, 6) is 6.25. The highest BCUT2D eigenvalue weighted by Gasteiger charge is 1.96. The smallest absolute Gasteiger partial charge is 0.0604 e. The van der Waals surface area contributed by atoms with Gasteiger partial charge in [0.1, 0.15) is 0 Å². The minimum absolute atomic E-state index is 0.569. The molecular formula is C14H16Cl2. The summed E-state index contributed by atoms with van der Waals surface area (Å²) in [5.41, 5.74) is 0.935. The number of unbranched alkanes of at least 4 members (excludes halogenated alkanes) is 4. The number of rotatable bonds is 4. The van der Waals surface area contributed by atoms with Gasteiger partial charge in [-0.3, -0.25) is 0 Å². The largest absolute Gasteiger partial charge is 0.0979 e. The van der Waals surface area contributed by atoms with Crippen molar-refractivity contribution in [3.8, 4) is 11.8 Å². The van der Waals surface area contributed by atoms with Gasteiger partial charge in [0, 0.05) is 12.0 Å². The van der Waals surface area contributed by atoms with Gasteiger partial charge in [0.2, 0.25) is 0 Å². The van der Waals surface area contributed by atoms with Crippen LogP contribution in [-0.2, 0) is 0 Å². The van der Waals surface area contributed by atoms with Crippen molar-refractivity contribution in [2.24, 2.45) is 0 Å². The molecule has 0 heterocycles. The molecule has 0 atom stereocenters. The topological polar surface area (TPSA) is 0 Å². The number of benzene rings is 1. The molecule has 1 aromatic rings. The average molecular weight is 255 g/mol. The molecule has 0 aromatic heterocycles. The molecule has 0 nitrogen and oxygen atoms in total. The molecule has 86 valence electrons. The van der Waals surface area contributed by atoms with Gasteiger partial charge in [0.05, 0.1) is 10.0 Å². The van der Waals surface area contributed by atoms with Crippen molar-refractivity contribution in [2.45, 2.75) is 39.0 Å². The van der Waals surface area contributed by atoms with E-state index in [-0.39, 0.29) is 0 Å². The van der Waals surface area contributed by atoms with Crippen LogP contribution in [0.25, 0.3) is 0 Å². The Morgan fingerprint density at radius 3 is 2.56 bits per heavy atom. The average Bonchev–Trinajstić information content (AvgIpc) is 2.28. The van der Waals surface area contributed by atoms with Gasteiger partial charge in [-0.2, -0.15) is 0 Å². The van der Waals surface area contributed by atoms with Gasteiger partial charge >= 0.3 is 0 Å². The van der Waals surface area contributed by atoms with Gasteiger partial charge in [0.25, 0.3) is 0 Å². The lowest BCUT2D eigenvalue weighted by atomic mass is 10.1. The van der Waals surface area contributed by atoms with Crippen LogP contribution in [0.4, 0.5) is 0 Å². The fourth-order valence-electron chi connectivity index (χ4n) is 1.38. The van der Waals surface area contributed by atoms with E-state index < -0.39 is 0 Å². The predicted molar refractivity (Wildman–Crippen MR) is 72.1 cm³/mol. The Labute approximate surface area is 108 Å². The molecule has 16 heavy (non-hydrogen) atoms.